The highest BCUT2D eigenvalue weighted by molar-refractivity contribution is 9.10. The van der Waals surface area contributed by atoms with Crippen molar-refractivity contribution < 1.29 is 12.9 Å². The Bertz CT molecular complexity index is 977. The van der Waals surface area contributed by atoms with E-state index in [4.69, 9.17) is 4.52 Å². The maximum absolute atomic E-state index is 12.6. The molecule has 1 aromatic carbocycles. The van der Waals surface area contributed by atoms with Gasteiger partial charge in [-0.3, -0.25) is 0 Å². The lowest BCUT2D eigenvalue weighted by Gasteiger charge is -2.06. The molecule has 0 fully saturated rings. The van der Waals surface area contributed by atoms with E-state index in [1.54, 1.807) is 19.1 Å². The van der Waals surface area contributed by atoms with Crippen molar-refractivity contribution in [3.05, 3.63) is 57.0 Å². The minimum absolute atomic E-state index is 0.230. The number of sulfonamides is 1. The van der Waals surface area contributed by atoms with Crippen molar-refractivity contribution in [1.29, 1.82) is 0 Å². The van der Waals surface area contributed by atoms with Crippen LogP contribution in [0.2, 0.25) is 0 Å². The molecule has 5 nitrogen and oxygen atoms in total. The molecule has 0 amide bonds. The van der Waals surface area contributed by atoms with Crippen molar-refractivity contribution in [3.8, 4) is 10.6 Å². The molecule has 0 spiro atoms. The van der Waals surface area contributed by atoms with E-state index < -0.39 is 10.0 Å². The molecule has 2 aromatic heterocycles. The van der Waals surface area contributed by atoms with Crippen molar-refractivity contribution in [1.82, 2.24) is 9.88 Å². The number of hydrogen-bond donors (Lipinski definition) is 1. The fourth-order valence-corrected chi connectivity index (χ4v) is 5.24. The van der Waals surface area contributed by atoms with Crippen molar-refractivity contribution in [2.75, 3.05) is 0 Å². The minimum Gasteiger partial charge on any atom is -0.355 e. The lowest BCUT2D eigenvalue weighted by Crippen LogP contribution is -2.23. The lowest BCUT2D eigenvalue weighted by atomic mass is 10.2. The molecule has 0 saturated carbocycles. The summed E-state index contributed by atoms with van der Waals surface area (Å²) in [5.41, 5.74) is 1.64. The maximum atomic E-state index is 12.6. The molecule has 126 valence electrons. The molecule has 1 N–H and O–H groups in total. The number of aromatic nitrogens is 1. The van der Waals surface area contributed by atoms with Crippen molar-refractivity contribution in [3.63, 3.8) is 0 Å². The summed E-state index contributed by atoms with van der Waals surface area (Å²) in [5, 5.41) is 3.84. The average molecular weight is 427 g/mol. The third kappa shape index (κ3) is 3.77. The van der Waals surface area contributed by atoms with E-state index in [2.05, 4.69) is 25.8 Å². The summed E-state index contributed by atoms with van der Waals surface area (Å²) in [6.07, 6.45) is 0. The molecule has 0 saturated heterocycles. The quantitative estimate of drug-likeness (QED) is 0.661. The minimum atomic E-state index is -3.60. The molecule has 3 rings (SSSR count). The summed E-state index contributed by atoms with van der Waals surface area (Å²) in [6.45, 7) is 3.84. The van der Waals surface area contributed by atoms with Crippen LogP contribution >= 0.6 is 27.3 Å². The molecule has 0 aliphatic carbocycles. The van der Waals surface area contributed by atoms with Gasteiger partial charge >= 0.3 is 0 Å². The molecule has 3 aromatic rings. The van der Waals surface area contributed by atoms with Crippen LogP contribution in [-0.4, -0.2) is 13.6 Å². The lowest BCUT2D eigenvalue weighted by molar-refractivity contribution is 0.428. The zero-order valence-corrected chi connectivity index (χ0v) is 16.3. The van der Waals surface area contributed by atoms with Crippen LogP contribution in [0.1, 0.15) is 16.1 Å². The second-order valence-electron chi connectivity index (χ2n) is 5.32. The first-order valence-electron chi connectivity index (χ1n) is 7.13. The van der Waals surface area contributed by atoms with Crippen LogP contribution in [0.5, 0.6) is 0 Å². The van der Waals surface area contributed by atoms with Crippen LogP contribution in [0.25, 0.3) is 10.6 Å². The molecule has 0 aliphatic heterocycles. The van der Waals surface area contributed by atoms with Crippen molar-refractivity contribution in [2.45, 2.75) is 25.3 Å². The van der Waals surface area contributed by atoms with Gasteiger partial charge in [0.25, 0.3) is 0 Å². The first-order valence-corrected chi connectivity index (χ1v) is 10.2. The van der Waals surface area contributed by atoms with Gasteiger partial charge in [-0.2, -0.15) is 0 Å². The van der Waals surface area contributed by atoms with E-state index in [0.29, 0.717) is 10.6 Å². The Morgan fingerprint density at radius 1 is 1.25 bits per heavy atom. The summed E-state index contributed by atoms with van der Waals surface area (Å²) in [5.74, 6) is 0.578. The molecule has 2 heterocycles. The van der Waals surface area contributed by atoms with Gasteiger partial charge in [0.05, 0.1) is 15.5 Å². The number of halogens is 1. The van der Waals surface area contributed by atoms with E-state index in [9.17, 15) is 8.42 Å². The Labute approximate surface area is 152 Å². The number of benzene rings is 1. The second kappa shape index (κ2) is 6.79. The molecule has 8 heteroatoms. The standard InChI is InChI=1S/C16H15BrN2O3S2/c1-10-6-14(22-19-10)15-8-16(11(2)23-15)24(20,21)18-9-12-4-3-5-13(17)7-12/h3-8,18H,9H2,1-2H3. The predicted molar refractivity (Wildman–Crippen MR) is 97.5 cm³/mol. The first kappa shape index (κ1) is 17.3. The molecule has 0 bridgehead atoms. The Balaban J connectivity index is 1.83. The average Bonchev–Trinajstić information content (AvgIpc) is 3.12. The SMILES string of the molecule is Cc1cc(-c2cc(S(=O)(=O)NCc3cccc(Br)c3)c(C)s2)on1. The summed E-state index contributed by atoms with van der Waals surface area (Å²) in [7, 11) is -3.60. The highest BCUT2D eigenvalue weighted by Gasteiger charge is 2.21. The Kier molecular flexibility index (Phi) is 4.91. The number of nitrogens with zero attached hydrogens (tertiary/aromatic N) is 1. The van der Waals surface area contributed by atoms with Crippen LogP contribution in [0.4, 0.5) is 0 Å². The topological polar surface area (TPSA) is 72.2 Å². The molecular weight excluding hydrogens is 412 g/mol. The fraction of sp³-hybridized carbons (Fsp3) is 0.188. The van der Waals surface area contributed by atoms with Crippen molar-refractivity contribution in [2.24, 2.45) is 0 Å². The van der Waals surface area contributed by atoms with Gasteiger partial charge in [-0.25, -0.2) is 13.1 Å². The van der Waals surface area contributed by atoms with Gasteiger partial charge in [0, 0.05) is 22.0 Å². The van der Waals surface area contributed by atoms with Crippen LogP contribution in [0, 0.1) is 13.8 Å². The van der Waals surface area contributed by atoms with Crippen LogP contribution in [0.3, 0.4) is 0 Å². The number of aryl methyl sites for hydroxylation is 2. The molecule has 0 unspecified atom stereocenters. The molecular formula is C16H15BrN2O3S2. The van der Waals surface area contributed by atoms with Gasteiger partial charge in [0.1, 0.15) is 0 Å². The largest absolute Gasteiger partial charge is 0.355 e. The van der Waals surface area contributed by atoms with Crippen LogP contribution < -0.4 is 4.72 Å². The molecule has 0 atom stereocenters. The molecule has 0 aliphatic rings. The first-order chi connectivity index (χ1) is 11.3. The Morgan fingerprint density at radius 3 is 2.71 bits per heavy atom. The zero-order valence-electron chi connectivity index (χ0n) is 13.0. The number of hydrogen-bond acceptors (Lipinski definition) is 5. The van der Waals surface area contributed by atoms with Gasteiger partial charge in [0.15, 0.2) is 5.76 Å². The second-order valence-corrected chi connectivity index (χ2v) is 9.23. The smallest absolute Gasteiger partial charge is 0.241 e. The highest BCUT2D eigenvalue weighted by Crippen LogP contribution is 2.33. The Hall–Kier alpha value is -1.48. The summed E-state index contributed by atoms with van der Waals surface area (Å²) in [6, 6.07) is 10.9. The fourth-order valence-electron chi connectivity index (χ4n) is 2.24. The third-order valence-electron chi connectivity index (χ3n) is 3.39. The van der Waals surface area contributed by atoms with E-state index >= 15 is 0 Å². The van der Waals surface area contributed by atoms with Gasteiger partial charge in [0.2, 0.25) is 10.0 Å². The van der Waals surface area contributed by atoms with Gasteiger partial charge < -0.3 is 4.52 Å². The van der Waals surface area contributed by atoms with Crippen molar-refractivity contribution >= 4 is 37.3 Å². The highest BCUT2D eigenvalue weighted by atomic mass is 79.9. The molecule has 0 radical (unpaired) electrons. The van der Waals surface area contributed by atoms with Gasteiger partial charge in [-0.1, -0.05) is 33.2 Å². The Morgan fingerprint density at radius 2 is 2.04 bits per heavy atom. The van der Waals surface area contributed by atoms with Crippen LogP contribution in [0.15, 0.2) is 50.3 Å². The number of thiophene rings is 1. The number of nitrogens with one attached hydrogen (secondary N) is 1. The van der Waals surface area contributed by atoms with E-state index in [1.807, 2.05) is 31.2 Å². The molecule has 24 heavy (non-hydrogen) atoms. The monoisotopic (exact) mass is 426 g/mol. The predicted octanol–water partition coefficient (Wildman–Crippen LogP) is 4.26. The van der Waals surface area contributed by atoms with E-state index in [-0.39, 0.29) is 11.4 Å². The number of rotatable bonds is 5. The van der Waals surface area contributed by atoms with E-state index in [0.717, 1.165) is 20.6 Å². The van der Waals surface area contributed by atoms with Gasteiger partial charge in [-0.15, -0.1) is 11.3 Å². The summed E-state index contributed by atoms with van der Waals surface area (Å²) in [4.78, 5) is 1.73. The van der Waals surface area contributed by atoms with E-state index in [1.165, 1.54) is 11.3 Å². The van der Waals surface area contributed by atoms with Crippen LogP contribution in [-0.2, 0) is 16.6 Å². The van der Waals surface area contributed by atoms with Gasteiger partial charge in [-0.05, 0) is 37.6 Å². The summed E-state index contributed by atoms with van der Waals surface area (Å²) >= 11 is 4.75. The summed E-state index contributed by atoms with van der Waals surface area (Å²) < 4.78 is 34.0. The normalized spacial score (nSPS) is 11.8. The third-order valence-corrected chi connectivity index (χ3v) is 6.60. The zero-order chi connectivity index (χ0) is 17.3. The maximum Gasteiger partial charge on any atom is 0.241 e.